The highest BCUT2D eigenvalue weighted by Gasteiger charge is 2.31. The standard InChI is InChI=1S/C27H28N2O4/c1-4-33-24-13-7-20(8-14-24)26(30)28-17-19-5-6-22-15-18(2)29(25(22)16-19)27(31)21-9-11-23(32-3)12-10-21/h5-14,16,18H,4,15,17H2,1-3H3,(H,28,30). The number of ether oxygens (including phenoxy) is 2. The summed E-state index contributed by atoms with van der Waals surface area (Å²) in [6, 6.07) is 20.3. The number of hydrogen-bond donors (Lipinski definition) is 1. The van der Waals surface area contributed by atoms with Crippen LogP contribution in [-0.2, 0) is 13.0 Å². The van der Waals surface area contributed by atoms with Gasteiger partial charge < -0.3 is 19.7 Å². The van der Waals surface area contributed by atoms with Gasteiger partial charge in [0, 0.05) is 29.4 Å². The number of amides is 2. The zero-order valence-electron chi connectivity index (χ0n) is 19.1. The van der Waals surface area contributed by atoms with Crippen LogP contribution in [0.5, 0.6) is 11.5 Å². The first kappa shape index (κ1) is 22.4. The van der Waals surface area contributed by atoms with Gasteiger partial charge in [0.05, 0.1) is 13.7 Å². The second-order valence-electron chi connectivity index (χ2n) is 8.06. The lowest BCUT2D eigenvalue weighted by Gasteiger charge is -2.23. The smallest absolute Gasteiger partial charge is 0.258 e. The molecule has 6 heteroatoms. The largest absolute Gasteiger partial charge is 0.497 e. The Bertz CT molecular complexity index is 1140. The number of rotatable bonds is 7. The zero-order chi connectivity index (χ0) is 23.4. The number of fused-ring (bicyclic) bond motifs is 1. The van der Waals surface area contributed by atoms with Crippen LogP contribution in [0.3, 0.4) is 0 Å². The third kappa shape index (κ3) is 4.85. The van der Waals surface area contributed by atoms with Crippen LogP contribution in [0.15, 0.2) is 66.7 Å². The van der Waals surface area contributed by atoms with Crippen molar-refractivity contribution in [2.75, 3.05) is 18.6 Å². The normalized spacial score (nSPS) is 14.5. The molecular formula is C27H28N2O4. The summed E-state index contributed by atoms with van der Waals surface area (Å²) in [6.45, 7) is 4.93. The summed E-state index contributed by atoms with van der Waals surface area (Å²) in [7, 11) is 1.60. The fourth-order valence-electron chi connectivity index (χ4n) is 4.10. The molecule has 170 valence electrons. The van der Waals surface area contributed by atoms with Crippen molar-refractivity contribution in [2.45, 2.75) is 32.9 Å². The third-order valence-electron chi connectivity index (χ3n) is 5.80. The summed E-state index contributed by atoms with van der Waals surface area (Å²) in [6.07, 6.45) is 0.802. The molecule has 0 spiro atoms. The van der Waals surface area contributed by atoms with E-state index in [1.54, 1.807) is 55.6 Å². The van der Waals surface area contributed by atoms with E-state index in [0.717, 1.165) is 29.0 Å². The minimum atomic E-state index is -0.155. The van der Waals surface area contributed by atoms with Crippen molar-refractivity contribution in [1.29, 1.82) is 0 Å². The molecule has 0 radical (unpaired) electrons. The Balaban J connectivity index is 1.47. The predicted octanol–water partition coefficient (Wildman–Crippen LogP) is 4.62. The summed E-state index contributed by atoms with van der Waals surface area (Å²) in [4.78, 5) is 27.7. The first-order valence-electron chi connectivity index (χ1n) is 11.1. The van der Waals surface area contributed by atoms with Crippen molar-refractivity contribution >= 4 is 17.5 Å². The van der Waals surface area contributed by atoms with Crippen LogP contribution < -0.4 is 19.7 Å². The van der Waals surface area contributed by atoms with Crippen LogP contribution in [0.2, 0.25) is 0 Å². The van der Waals surface area contributed by atoms with E-state index in [-0.39, 0.29) is 17.9 Å². The molecule has 1 aliphatic rings. The van der Waals surface area contributed by atoms with E-state index >= 15 is 0 Å². The van der Waals surface area contributed by atoms with Crippen molar-refractivity contribution < 1.29 is 19.1 Å². The second-order valence-corrected chi connectivity index (χ2v) is 8.06. The van der Waals surface area contributed by atoms with E-state index in [1.807, 2.05) is 30.0 Å². The summed E-state index contributed by atoms with van der Waals surface area (Å²) in [5.41, 5.74) is 4.16. The molecular weight excluding hydrogens is 416 g/mol. The van der Waals surface area contributed by atoms with E-state index < -0.39 is 0 Å². The summed E-state index contributed by atoms with van der Waals surface area (Å²) in [5.74, 6) is 1.26. The molecule has 33 heavy (non-hydrogen) atoms. The number of nitrogens with zero attached hydrogens (tertiary/aromatic N) is 1. The SMILES string of the molecule is CCOc1ccc(C(=O)NCc2ccc3c(c2)N(C(=O)c2ccc(OC)cc2)C(C)C3)cc1. The summed E-state index contributed by atoms with van der Waals surface area (Å²) in [5, 5.41) is 2.96. The van der Waals surface area contributed by atoms with E-state index in [4.69, 9.17) is 9.47 Å². The van der Waals surface area contributed by atoms with Gasteiger partial charge in [-0.2, -0.15) is 0 Å². The minimum absolute atomic E-state index is 0.0422. The number of methoxy groups -OCH3 is 1. The maximum absolute atomic E-state index is 13.3. The molecule has 1 unspecified atom stereocenters. The van der Waals surface area contributed by atoms with Gasteiger partial charge in [0.25, 0.3) is 11.8 Å². The van der Waals surface area contributed by atoms with Crippen LogP contribution in [0, 0.1) is 0 Å². The maximum atomic E-state index is 13.3. The number of nitrogens with one attached hydrogen (secondary N) is 1. The molecule has 1 atom stereocenters. The zero-order valence-corrected chi connectivity index (χ0v) is 19.1. The fraction of sp³-hybridized carbons (Fsp3) is 0.259. The Morgan fingerprint density at radius 1 is 0.970 bits per heavy atom. The average molecular weight is 445 g/mol. The van der Waals surface area contributed by atoms with Gasteiger partial charge >= 0.3 is 0 Å². The van der Waals surface area contributed by atoms with Crippen molar-refractivity contribution in [2.24, 2.45) is 0 Å². The average Bonchev–Trinajstić information content (AvgIpc) is 3.17. The van der Waals surface area contributed by atoms with Gasteiger partial charge in [0.2, 0.25) is 0 Å². The molecule has 1 aliphatic heterocycles. The topological polar surface area (TPSA) is 67.9 Å². The Labute approximate surface area is 194 Å². The highest BCUT2D eigenvalue weighted by Crippen LogP contribution is 2.34. The van der Waals surface area contributed by atoms with Crippen LogP contribution in [-0.4, -0.2) is 31.6 Å². The lowest BCUT2D eigenvalue weighted by Crippen LogP contribution is -2.35. The Hall–Kier alpha value is -3.80. The maximum Gasteiger partial charge on any atom is 0.258 e. The molecule has 1 N–H and O–H groups in total. The summed E-state index contributed by atoms with van der Waals surface area (Å²) >= 11 is 0. The Kier molecular flexibility index (Phi) is 6.63. The molecule has 0 saturated heterocycles. The van der Waals surface area contributed by atoms with Crippen molar-refractivity contribution in [3.63, 3.8) is 0 Å². The summed E-state index contributed by atoms with van der Waals surface area (Å²) < 4.78 is 10.6. The molecule has 0 aliphatic carbocycles. The van der Waals surface area contributed by atoms with Crippen molar-refractivity contribution in [3.8, 4) is 11.5 Å². The lowest BCUT2D eigenvalue weighted by atomic mass is 10.1. The van der Waals surface area contributed by atoms with Crippen molar-refractivity contribution in [1.82, 2.24) is 5.32 Å². The molecule has 0 saturated carbocycles. The highest BCUT2D eigenvalue weighted by molar-refractivity contribution is 6.07. The predicted molar refractivity (Wildman–Crippen MR) is 128 cm³/mol. The lowest BCUT2D eigenvalue weighted by molar-refractivity contribution is 0.0948. The first-order chi connectivity index (χ1) is 16.0. The molecule has 0 aromatic heterocycles. The van der Waals surface area contributed by atoms with Crippen LogP contribution in [0.25, 0.3) is 0 Å². The number of carbonyl (C=O) groups excluding carboxylic acids is 2. The second kappa shape index (κ2) is 9.77. The third-order valence-corrected chi connectivity index (χ3v) is 5.80. The molecule has 6 nitrogen and oxygen atoms in total. The fourth-order valence-corrected chi connectivity index (χ4v) is 4.10. The molecule has 4 rings (SSSR count). The molecule has 2 amide bonds. The van der Waals surface area contributed by atoms with E-state index in [2.05, 4.69) is 12.2 Å². The van der Waals surface area contributed by atoms with Gasteiger partial charge in [-0.3, -0.25) is 9.59 Å². The Morgan fingerprint density at radius 2 is 1.64 bits per heavy atom. The number of benzene rings is 3. The van der Waals surface area contributed by atoms with E-state index in [1.165, 1.54) is 0 Å². The van der Waals surface area contributed by atoms with E-state index in [9.17, 15) is 9.59 Å². The van der Waals surface area contributed by atoms with Gasteiger partial charge in [-0.1, -0.05) is 12.1 Å². The number of hydrogen-bond acceptors (Lipinski definition) is 4. The van der Waals surface area contributed by atoms with Crippen LogP contribution in [0.4, 0.5) is 5.69 Å². The number of anilines is 1. The monoisotopic (exact) mass is 444 g/mol. The minimum Gasteiger partial charge on any atom is -0.497 e. The van der Waals surface area contributed by atoms with Gasteiger partial charge in [-0.25, -0.2) is 0 Å². The van der Waals surface area contributed by atoms with E-state index in [0.29, 0.717) is 30.0 Å². The number of carbonyl (C=O) groups is 2. The molecule has 1 heterocycles. The first-order valence-corrected chi connectivity index (χ1v) is 11.1. The van der Waals surface area contributed by atoms with Gasteiger partial charge in [0.15, 0.2) is 0 Å². The molecule has 0 fully saturated rings. The molecule has 3 aromatic carbocycles. The Morgan fingerprint density at radius 3 is 2.30 bits per heavy atom. The van der Waals surface area contributed by atoms with Crippen molar-refractivity contribution in [3.05, 3.63) is 89.0 Å². The van der Waals surface area contributed by atoms with Crippen LogP contribution in [0.1, 0.15) is 45.7 Å². The van der Waals surface area contributed by atoms with Gasteiger partial charge in [-0.05, 0) is 86.0 Å². The molecule has 3 aromatic rings. The highest BCUT2D eigenvalue weighted by atomic mass is 16.5. The van der Waals surface area contributed by atoms with Crippen LogP contribution >= 0.6 is 0 Å². The molecule has 0 bridgehead atoms. The van der Waals surface area contributed by atoms with Gasteiger partial charge in [0.1, 0.15) is 11.5 Å². The van der Waals surface area contributed by atoms with Gasteiger partial charge in [-0.15, -0.1) is 0 Å². The quantitative estimate of drug-likeness (QED) is 0.578.